The van der Waals surface area contributed by atoms with Crippen LogP contribution in [0.25, 0.3) is 0 Å². The smallest absolute Gasteiger partial charge is 0.257 e. The fourth-order valence-corrected chi connectivity index (χ4v) is 1.37. The zero-order valence-electron chi connectivity index (χ0n) is 10.6. The lowest BCUT2D eigenvalue weighted by Gasteiger charge is -2.35. The molecule has 0 atom stereocenters. The third-order valence-electron chi connectivity index (χ3n) is 3.27. The molecular formula is C13H18FNO2. The number of benzene rings is 1. The van der Waals surface area contributed by atoms with Crippen molar-refractivity contribution in [2.24, 2.45) is 0 Å². The van der Waals surface area contributed by atoms with Crippen molar-refractivity contribution in [3.05, 3.63) is 29.6 Å². The van der Waals surface area contributed by atoms with E-state index in [1.807, 2.05) is 20.8 Å². The van der Waals surface area contributed by atoms with Crippen molar-refractivity contribution in [1.29, 1.82) is 0 Å². The largest absolute Gasteiger partial charge is 0.507 e. The first kappa shape index (κ1) is 13.5. The Morgan fingerprint density at radius 1 is 1.47 bits per heavy atom. The second-order valence-electron chi connectivity index (χ2n) is 4.69. The number of rotatable bonds is 3. The van der Waals surface area contributed by atoms with E-state index in [1.54, 1.807) is 7.05 Å². The predicted octanol–water partition coefficient (Wildman–Crippen LogP) is 2.79. The van der Waals surface area contributed by atoms with Crippen molar-refractivity contribution in [3.63, 3.8) is 0 Å². The topological polar surface area (TPSA) is 40.5 Å². The lowest BCUT2D eigenvalue weighted by Crippen LogP contribution is -2.44. The van der Waals surface area contributed by atoms with Crippen LogP contribution in [0.4, 0.5) is 4.39 Å². The molecule has 0 heterocycles. The van der Waals surface area contributed by atoms with Crippen LogP contribution in [0, 0.1) is 5.82 Å². The van der Waals surface area contributed by atoms with E-state index in [0.717, 1.165) is 18.6 Å². The number of carbonyl (C=O) groups is 1. The van der Waals surface area contributed by atoms with E-state index in [1.165, 1.54) is 11.0 Å². The Bertz CT molecular complexity index is 429. The first-order valence-electron chi connectivity index (χ1n) is 5.56. The van der Waals surface area contributed by atoms with Gasteiger partial charge in [-0.15, -0.1) is 0 Å². The number of hydrogen-bond donors (Lipinski definition) is 1. The number of aromatic hydroxyl groups is 1. The fraction of sp³-hybridized carbons (Fsp3) is 0.462. The van der Waals surface area contributed by atoms with E-state index in [2.05, 4.69) is 0 Å². The number of halogens is 1. The van der Waals surface area contributed by atoms with Gasteiger partial charge in [-0.05, 0) is 38.5 Å². The monoisotopic (exact) mass is 239 g/mol. The molecule has 17 heavy (non-hydrogen) atoms. The molecule has 0 fully saturated rings. The Morgan fingerprint density at radius 3 is 2.59 bits per heavy atom. The molecule has 0 aliphatic rings. The van der Waals surface area contributed by atoms with Crippen LogP contribution in [0.1, 0.15) is 37.6 Å². The molecule has 0 aliphatic carbocycles. The third kappa shape index (κ3) is 2.75. The normalized spacial score (nSPS) is 11.4. The predicted molar refractivity (Wildman–Crippen MR) is 64.5 cm³/mol. The van der Waals surface area contributed by atoms with Gasteiger partial charge < -0.3 is 10.0 Å². The van der Waals surface area contributed by atoms with Gasteiger partial charge in [0.15, 0.2) is 0 Å². The summed E-state index contributed by atoms with van der Waals surface area (Å²) in [6, 6.07) is 3.37. The highest BCUT2D eigenvalue weighted by Crippen LogP contribution is 2.24. The van der Waals surface area contributed by atoms with Crippen molar-refractivity contribution >= 4 is 5.91 Å². The molecule has 0 bridgehead atoms. The van der Waals surface area contributed by atoms with Gasteiger partial charge in [-0.3, -0.25) is 4.79 Å². The second-order valence-corrected chi connectivity index (χ2v) is 4.69. The van der Waals surface area contributed by atoms with Gasteiger partial charge in [0.25, 0.3) is 5.91 Å². The van der Waals surface area contributed by atoms with Crippen LogP contribution in [0.15, 0.2) is 18.2 Å². The van der Waals surface area contributed by atoms with Crippen LogP contribution in [-0.4, -0.2) is 28.5 Å². The summed E-state index contributed by atoms with van der Waals surface area (Å²) >= 11 is 0. The molecule has 0 radical (unpaired) electrons. The van der Waals surface area contributed by atoms with E-state index in [-0.39, 0.29) is 22.8 Å². The van der Waals surface area contributed by atoms with E-state index in [4.69, 9.17) is 0 Å². The molecule has 1 N–H and O–H groups in total. The fourth-order valence-electron chi connectivity index (χ4n) is 1.37. The zero-order valence-corrected chi connectivity index (χ0v) is 10.6. The SMILES string of the molecule is CCC(C)(C)N(C)C(=O)c1cc(F)ccc1O. The molecule has 0 unspecified atom stereocenters. The molecule has 1 amide bonds. The first-order valence-corrected chi connectivity index (χ1v) is 5.56. The van der Waals surface area contributed by atoms with Crippen LogP contribution in [0.5, 0.6) is 5.75 Å². The standard InChI is InChI=1S/C13H18FNO2/c1-5-13(2,3)15(4)12(17)10-8-9(14)6-7-11(10)16/h6-8,16H,5H2,1-4H3. The van der Waals surface area contributed by atoms with Gasteiger partial charge >= 0.3 is 0 Å². The summed E-state index contributed by atoms with van der Waals surface area (Å²) in [4.78, 5) is 13.6. The van der Waals surface area contributed by atoms with Crippen molar-refractivity contribution in [3.8, 4) is 5.75 Å². The minimum Gasteiger partial charge on any atom is -0.507 e. The van der Waals surface area contributed by atoms with Gasteiger partial charge in [-0.2, -0.15) is 0 Å². The van der Waals surface area contributed by atoms with Crippen LogP contribution >= 0.6 is 0 Å². The van der Waals surface area contributed by atoms with Crippen LogP contribution in [0.2, 0.25) is 0 Å². The number of phenolic OH excluding ortho intramolecular Hbond substituents is 1. The molecule has 1 aromatic rings. The Balaban J connectivity index is 3.08. The summed E-state index contributed by atoms with van der Waals surface area (Å²) in [7, 11) is 1.65. The molecule has 0 spiro atoms. The lowest BCUT2D eigenvalue weighted by molar-refractivity contribution is 0.0616. The molecule has 0 saturated carbocycles. The molecule has 0 aliphatic heterocycles. The van der Waals surface area contributed by atoms with Crippen LogP contribution in [0.3, 0.4) is 0 Å². The Hall–Kier alpha value is -1.58. The Labute approximate surface area is 101 Å². The van der Waals surface area contributed by atoms with Crippen LogP contribution < -0.4 is 0 Å². The van der Waals surface area contributed by atoms with Crippen molar-refractivity contribution < 1.29 is 14.3 Å². The van der Waals surface area contributed by atoms with Crippen molar-refractivity contribution in [2.45, 2.75) is 32.7 Å². The highest BCUT2D eigenvalue weighted by atomic mass is 19.1. The summed E-state index contributed by atoms with van der Waals surface area (Å²) in [6.07, 6.45) is 0.769. The number of phenols is 1. The number of nitrogens with zero attached hydrogens (tertiary/aromatic N) is 1. The molecular weight excluding hydrogens is 221 g/mol. The van der Waals surface area contributed by atoms with E-state index in [0.29, 0.717) is 0 Å². The lowest BCUT2D eigenvalue weighted by atomic mass is 9.98. The maximum absolute atomic E-state index is 13.1. The van der Waals surface area contributed by atoms with Crippen molar-refractivity contribution in [2.75, 3.05) is 7.05 Å². The molecule has 0 saturated heterocycles. The quantitative estimate of drug-likeness (QED) is 0.881. The summed E-state index contributed by atoms with van der Waals surface area (Å²) in [6.45, 7) is 5.80. The average Bonchev–Trinajstić information content (AvgIpc) is 2.30. The van der Waals surface area contributed by atoms with E-state index < -0.39 is 5.82 Å². The molecule has 1 rings (SSSR count). The van der Waals surface area contributed by atoms with Gasteiger partial charge in [-0.25, -0.2) is 4.39 Å². The summed E-state index contributed by atoms with van der Waals surface area (Å²) in [5.74, 6) is -1.11. The maximum Gasteiger partial charge on any atom is 0.257 e. The van der Waals surface area contributed by atoms with Gasteiger partial charge in [-0.1, -0.05) is 6.92 Å². The van der Waals surface area contributed by atoms with Gasteiger partial charge in [0.1, 0.15) is 11.6 Å². The average molecular weight is 239 g/mol. The molecule has 4 heteroatoms. The second kappa shape index (κ2) is 4.73. The summed E-state index contributed by atoms with van der Waals surface area (Å²) < 4.78 is 13.1. The number of carbonyl (C=O) groups excluding carboxylic acids is 1. The van der Waals surface area contributed by atoms with E-state index >= 15 is 0 Å². The van der Waals surface area contributed by atoms with Crippen LogP contribution in [-0.2, 0) is 0 Å². The maximum atomic E-state index is 13.1. The van der Waals surface area contributed by atoms with Gasteiger partial charge in [0.2, 0.25) is 0 Å². The van der Waals surface area contributed by atoms with Gasteiger partial charge in [0, 0.05) is 12.6 Å². The van der Waals surface area contributed by atoms with Crippen molar-refractivity contribution in [1.82, 2.24) is 4.90 Å². The van der Waals surface area contributed by atoms with Gasteiger partial charge in [0.05, 0.1) is 5.56 Å². The molecule has 0 aromatic heterocycles. The Morgan fingerprint density at radius 2 is 2.06 bits per heavy atom. The minimum absolute atomic E-state index is 0.00553. The minimum atomic E-state index is -0.533. The number of amides is 1. The highest BCUT2D eigenvalue weighted by Gasteiger charge is 2.28. The molecule has 3 nitrogen and oxygen atoms in total. The highest BCUT2D eigenvalue weighted by molar-refractivity contribution is 5.97. The summed E-state index contributed by atoms with van der Waals surface area (Å²) in [5, 5.41) is 9.58. The first-order chi connectivity index (χ1) is 7.79. The zero-order chi connectivity index (χ0) is 13.2. The third-order valence-corrected chi connectivity index (χ3v) is 3.27. The molecule has 1 aromatic carbocycles. The number of hydrogen-bond acceptors (Lipinski definition) is 2. The van der Waals surface area contributed by atoms with E-state index in [9.17, 15) is 14.3 Å². The summed E-state index contributed by atoms with van der Waals surface area (Å²) in [5.41, 5.74) is -0.343. The molecule has 94 valence electrons. The Kier molecular flexibility index (Phi) is 3.76.